The van der Waals surface area contributed by atoms with Crippen LogP contribution in [-0.4, -0.2) is 15.8 Å². The molecule has 0 amide bonds. The molecule has 38 valence electrons. The van der Waals surface area contributed by atoms with Crippen molar-refractivity contribution in [1.82, 2.24) is 0 Å². The molecule has 1 atom stereocenters. The molecule has 0 radical (unpaired) electrons. The Labute approximate surface area is 40.1 Å². The van der Waals surface area contributed by atoms with Crippen LogP contribution in [0.3, 0.4) is 0 Å². The fraction of sp³-hybridized carbons (Fsp3) is 1.00. The maximum atomic E-state index is 5.32. The van der Waals surface area contributed by atoms with Crippen LogP contribution in [0.2, 0.25) is 6.55 Å². The highest BCUT2D eigenvalue weighted by atomic mass is 28.3. The standard InChI is InChI=1S/C3H11NOSi/c1-3-5-6(2)4/h6H,3-4H2,1-2H3. The van der Waals surface area contributed by atoms with Gasteiger partial charge in [0.25, 0.3) is 0 Å². The van der Waals surface area contributed by atoms with Crippen molar-refractivity contribution in [1.29, 1.82) is 0 Å². The molecule has 0 aliphatic rings. The van der Waals surface area contributed by atoms with Crippen LogP contribution in [0, 0.1) is 0 Å². The van der Waals surface area contributed by atoms with Crippen molar-refractivity contribution >= 4 is 9.20 Å². The van der Waals surface area contributed by atoms with Gasteiger partial charge in [-0.2, -0.15) is 0 Å². The predicted molar refractivity (Wildman–Crippen MR) is 28.8 cm³/mol. The molecule has 0 aromatic carbocycles. The Morgan fingerprint density at radius 2 is 2.33 bits per heavy atom. The summed E-state index contributed by atoms with van der Waals surface area (Å²) < 4.78 is 4.96. The highest BCUT2D eigenvalue weighted by Crippen LogP contribution is 1.70. The van der Waals surface area contributed by atoms with E-state index in [0.717, 1.165) is 6.61 Å². The highest BCUT2D eigenvalue weighted by Gasteiger charge is 1.88. The molecule has 0 heterocycles. The highest BCUT2D eigenvalue weighted by molar-refractivity contribution is 6.46. The fourth-order valence-corrected chi connectivity index (χ4v) is 0.789. The summed E-state index contributed by atoms with van der Waals surface area (Å²) in [5, 5.41) is 5.32. The van der Waals surface area contributed by atoms with Crippen LogP contribution in [0.1, 0.15) is 6.92 Å². The second kappa shape index (κ2) is 3.33. The average molecular weight is 105 g/mol. The summed E-state index contributed by atoms with van der Waals surface area (Å²) in [6.07, 6.45) is 0. The van der Waals surface area contributed by atoms with Gasteiger partial charge in [0.1, 0.15) is 0 Å². The molecule has 0 bridgehead atoms. The molecule has 0 rings (SSSR count). The monoisotopic (exact) mass is 105 g/mol. The van der Waals surface area contributed by atoms with Gasteiger partial charge in [-0.3, -0.25) is 0 Å². The minimum absolute atomic E-state index is 0.768. The van der Waals surface area contributed by atoms with Crippen molar-refractivity contribution in [2.75, 3.05) is 6.61 Å². The predicted octanol–water partition coefficient (Wildman–Crippen LogP) is -0.168. The molecule has 0 saturated heterocycles. The lowest BCUT2D eigenvalue weighted by Gasteiger charge is -1.98. The van der Waals surface area contributed by atoms with E-state index in [0.29, 0.717) is 0 Å². The summed E-state index contributed by atoms with van der Waals surface area (Å²) >= 11 is 0. The first-order chi connectivity index (χ1) is 2.77. The molecule has 0 fully saturated rings. The maximum Gasteiger partial charge on any atom is 0.246 e. The van der Waals surface area contributed by atoms with Crippen LogP contribution in [0.15, 0.2) is 0 Å². The number of rotatable bonds is 2. The first-order valence-corrected chi connectivity index (χ1v) is 4.43. The molecule has 0 spiro atoms. The largest absolute Gasteiger partial charge is 0.406 e. The zero-order valence-electron chi connectivity index (χ0n) is 4.27. The average Bonchev–Trinajstić information content (AvgIpc) is 1.35. The van der Waals surface area contributed by atoms with Gasteiger partial charge >= 0.3 is 0 Å². The van der Waals surface area contributed by atoms with Gasteiger partial charge in [-0.05, 0) is 13.5 Å². The zero-order valence-corrected chi connectivity index (χ0v) is 5.42. The second-order valence-corrected chi connectivity index (χ2v) is 2.90. The van der Waals surface area contributed by atoms with Crippen molar-refractivity contribution in [2.45, 2.75) is 13.5 Å². The molecule has 0 aromatic rings. The summed E-state index contributed by atoms with van der Waals surface area (Å²) in [6, 6.07) is 0. The van der Waals surface area contributed by atoms with E-state index in [1.165, 1.54) is 0 Å². The van der Waals surface area contributed by atoms with Crippen molar-refractivity contribution < 1.29 is 4.43 Å². The zero-order chi connectivity index (χ0) is 4.99. The molecule has 6 heavy (non-hydrogen) atoms. The molecular formula is C3H11NOSi. The van der Waals surface area contributed by atoms with E-state index in [4.69, 9.17) is 9.83 Å². The van der Waals surface area contributed by atoms with E-state index in [1.54, 1.807) is 0 Å². The third-order valence-corrected chi connectivity index (χ3v) is 1.29. The quantitative estimate of drug-likeness (QED) is 0.495. The Hall–Kier alpha value is 0.137. The molecule has 0 aromatic heterocycles. The van der Waals surface area contributed by atoms with Crippen molar-refractivity contribution in [3.8, 4) is 0 Å². The minimum atomic E-state index is -1.17. The summed E-state index contributed by atoms with van der Waals surface area (Å²) in [7, 11) is -1.17. The van der Waals surface area contributed by atoms with Gasteiger partial charge in [-0.15, -0.1) is 0 Å². The van der Waals surface area contributed by atoms with Gasteiger partial charge in [0.05, 0.1) is 0 Å². The lowest BCUT2D eigenvalue weighted by atomic mass is 10.9. The van der Waals surface area contributed by atoms with Gasteiger partial charge in [0, 0.05) is 6.61 Å². The molecule has 0 saturated carbocycles. The van der Waals surface area contributed by atoms with Gasteiger partial charge in [-0.25, -0.2) is 0 Å². The van der Waals surface area contributed by atoms with E-state index >= 15 is 0 Å². The van der Waals surface area contributed by atoms with Crippen molar-refractivity contribution in [3.63, 3.8) is 0 Å². The van der Waals surface area contributed by atoms with Gasteiger partial charge in [-0.1, -0.05) is 0 Å². The Bertz CT molecular complexity index is 32.0. The molecule has 0 aliphatic heterocycles. The van der Waals surface area contributed by atoms with Gasteiger partial charge < -0.3 is 9.83 Å². The minimum Gasteiger partial charge on any atom is -0.406 e. The molecular weight excluding hydrogens is 94.1 g/mol. The summed E-state index contributed by atoms with van der Waals surface area (Å²) in [5.74, 6) is 0. The van der Waals surface area contributed by atoms with E-state index in [2.05, 4.69) is 0 Å². The van der Waals surface area contributed by atoms with Crippen LogP contribution in [0.5, 0.6) is 0 Å². The molecule has 2 N–H and O–H groups in total. The van der Waals surface area contributed by atoms with E-state index in [-0.39, 0.29) is 0 Å². The van der Waals surface area contributed by atoms with Gasteiger partial charge in [0.2, 0.25) is 9.20 Å². The van der Waals surface area contributed by atoms with E-state index in [9.17, 15) is 0 Å². The Kier molecular flexibility index (Phi) is 3.41. The smallest absolute Gasteiger partial charge is 0.246 e. The van der Waals surface area contributed by atoms with Crippen LogP contribution in [0.4, 0.5) is 0 Å². The lowest BCUT2D eigenvalue weighted by Crippen LogP contribution is -2.24. The van der Waals surface area contributed by atoms with Crippen LogP contribution >= 0.6 is 0 Å². The van der Waals surface area contributed by atoms with E-state index in [1.807, 2.05) is 13.5 Å². The van der Waals surface area contributed by atoms with Crippen LogP contribution < -0.4 is 5.40 Å². The fourth-order valence-electron chi connectivity index (χ4n) is 0.263. The van der Waals surface area contributed by atoms with Crippen LogP contribution in [0.25, 0.3) is 0 Å². The third kappa shape index (κ3) is 4.14. The third-order valence-electron chi connectivity index (χ3n) is 0.430. The van der Waals surface area contributed by atoms with Crippen molar-refractivity contribution in [2.24, 2.45) is 5.40 Å². The summed E-state index contributed by atoms with van der Waals surface area (Å²) in [4.78, 5) is 0. The lowest BCUT2D eigenvalue weighted by molar-refractivity contribution is 0.347. The number of hydrogen-bond donors (Lipinski definition) is 1. The first kappa shape index (κ1) is 6.14. The Morgan fingerprint density at radius 1 is 1.83 bits per heavy atom. The molecule has 3 heteroatoms. The molecule has 1 unspecified atom stereocenters. The Balaban J connectivity index is 2.63. The van der Waals surface area contributed by atoms with Crippen molar-refractivity contribution in [3.05, 3.63) is 0 Å². The topological polar surface area (TPSA) is 35.2 Å². The molecule has 0 aliphatic carbocycles. The molecule has 2 nitrogen and oxygen atoms in total. The maximum absolute atomic E-state index is 5.32. The van der Waals surface area contributed by atoms with Gasteiger partial charge in [0.15, 0.2) is 0 Å². The van der Waals surface area contributed by atoms with E-state index < -0.39 is 9.20 Å². The normalized spacial score (nSPS) is 14.5. The summed E-state index contributed by atoms with van der Waals surface area (Å²) in [6.45, 7) is 4.67. The SMILES string of the molecule is CCO[SiH](C)N. The first-order valence-electron chi connectivity index (χ1n) is 2.14. The number of nitrogens with two attached hydrogens (primary N) is 1. The second-order valence-electron chi connectivity index (χ2n) is 1.16. The van der Waals surface area contributed by atoms with Crippen LogP contribution in [-0.2, 0) is 4.43 Å². The summed E-state index contributed by atoms with van der Waals surface area (Å²) in [5.41, 5.74) is 0. The Morgan fingerprint density at radius 3 is 2.33 bits per heavy atom. The number of hydrogen-bond acceptors (Lipinski definition) is 2.